The van der Waals surface area contributed by atoms with Crippen molar-refractivity contribution in [3.8, 4) is 5.75 Å². The van der Waals surface area contributed by atoms with E-state index in [1.807, 2.05) is 12.1 Å². The van der Waals surface area contributed by atoms with E-state index in [4.69, 9.17) is 5.73 Å². The van der Waals surface area contributed by atoms with Gasteiger partial charge in [-0.05, 0) is 37.0 Å². The third-order valence-electron chi connectivity index (χ3n) is 3.86. The standard InChI is InChI=1S/C15H22F2N2O/c1-10-7-13(18)9-19(8-10)11(2)12-3-5-14(6-4-12)20-15(16)17/h3-6,10-11,13,15H,7-9,18H2,1-2H3. The second-order valence-electron chi connectivity index (χ2n) is 5.68. The zero-order chi connectivity index (χ0) is 14.7. The minimum absolute atomic E-state index is 0.194. The molecule has 3 nitrogen and oxygen atoms in total. The lowest BCUT2D eigenvalue weighted by atomic mass is 9.94. The van der Waals surface area contributed by atoms with Crippen LogP contribution in [-0.4, -0.2) is 30.6 Å². The van der Waals surface area contributed by atoms with Gasteiger partial charge in [-0.25, -0.2) is 0 Å². The van der Waals surface area contributed by atoms with Crippen molar-refractivity contribution >= 4 is 0 Å². The molecule has 3 unspecified atom stereocenters. The van der Waals surface area contributed by atoms with Crippen molar-refractivity contribution in [2.45, 2.75) is 39.0 Å². The SMILES string of the molecule is CC1CC(N)CN(C(C)c2ccc(OC(F)F)cc2)C1. The van der Waals surface area contributed by atoms with E-state index in [1.165, 1.54) is 0 Å². The molecule has 0 bridgehead atoms. The lowest BCUT2D eigenvalue weighted by Gasteiger charge is -2.38. The van der Waals surface area contributed by atoms with Crippen LogP contribution < -0.4 is 10.5 Å². The van der Waals surface area contributed by atoms with Crippen molar-refractivity contribution < 1.29 is 13.5 Å². The van der Waals surface area contributed by atoms with Crippen molar-refractivity contribution in [3.05, 3.63) is 29.8 Å². The third-order valence-corrected chi connectivity index (χ3v) is 3.86. The molecule has 0 spiro atoms. The summed E-state index contributed by atoms with van der Waals surface area (Å²) in [6.07, 6.45) is 1.06. The number of hydrogen-bond acceptors (Lipinski definition) is 3. The summed E-state index contributed by atoms with van der Waals surface area (Å²) in [5, 5.41) is 0. The maximum Gasteiger partial charge on any atom is 0.387 e. The van der Waals surface area contributed by atoms with Crippen LogP contribution in [0.4, 0.5) is 8.78 Å². The molecule has 112 valence electrons. The summed E-state index contributed by atoms with van der Waals surface area (Å²) >= 11 is 0. The number of hydrogen-bond donors (Lipinski definition) is 1. The summed E-state index contributed by atoms with van der Waals surface area (Å²) in [4.78, 5) is 2.35. The molecule has 20 heavy (non-hydrogen) atoms. The molecular formula is C15H22F2N2O. The summed E-state index contributed by atoms with van der Waals surface area (Å²) < 4.78 is 28.6. The van der Waals surface area contributed by atoms with Crippen LogP contribution in [-0.2, 0) is 0 Å². The van der Waals surface area contributed by atoms with E-state index in [1.54, 1.807) is 12.1 Å². The van der Waals surface area contributed by atoms with Gasteiger partial charge < -0.3 is 10.5 Å². The molecule has 0 radical (unpaired) electrons. The zero-order valence-electron chi connectivity index (χ0n) is 11.9. The summed E-state index contributed by atoms with van der Waals surface area (Å²) in [5.41, 5.74) is 7.16. The van der Waals surface area contributed by atoms with Crippen molar-refractivity contribution in [2.75, 3.05) is 13.1 Å². The molecule has 1 heterocycles. The normalized spacial score (nSPS) is 25.7. The van der Waals surface area contributed by atoms with Crippen LogP contribution >= 0.6 is 0 Å². The summed E-state index contributed by atoms with van der Waals surface area (Å²) in [5.74, 6) is 0.780. The molecule has 2 rings (SSSR count). The summed E-state index contributed by atoms with van der Waals surface area (Å²) in [6, 6.07) is 7.30. The van der Waals surface area contributed by atoms with Gasteiger partial charge in [-0.1, -0.05) is 19.1 Å². The van der Waals surface area contributed by atoms with Gasteiger partial charge in [0.05, 0.1) is 0 Å². The minimum Gasteiger partial charge on any atom is -0.435 e. The van der Waals surface area contributed by atoms with Gasteiger partial charge in [0, 0.05) is 25.2 Å². The van der Waals surface area contributed by atoms with Crippen molar-refractivity contribution in [3.63, 3.8) is 0 Å². The Labute approximate surface area is 118 Å². The van der Waals surface area contributed by atoms with Gasteiger partial charge in [0.15, 0.2) is 0 Å². The van der Waals surface area contributed by atoms with E-state index >= 15 is 0 Å². The number of likely N-dealkylation sites (tertiary alicyclic amines) is 1. The monoisotopic (exact) mass is 284 g/mol. The Morgan fingerprint density at radius 2 is 1.90 bits per heavy atom. The highest BCUT2D eigenvalue weighted by molar-refractivity contribution is 5.29. The second kappa shape index (κ2) is 6.50. The van der Waals surface area contributed by atoms with Gasteiger partial charge in [0.1, 0.15) is 5.75 Å². The molecular weight excluding hydrogens is 262 g/mol. The zero-order valence-corrected chi connectivity index (χ0v) is 11.9. The number of rotatable bonds is 4. The predicted octanol–water partition coefficient (Wildman–Crippen LogP) is 3.02. The Hall–Kier alpha value is -1.20. The van der Waals surface area contributed by atoms with Crippen LogP contribution in [0.1, 0.15) is 31.9 Å². The van der Waals surface area contributed by atoms with E-state index in [-0.39, 0.29) is 17.8 Å². The van der Waals surface area contributed by atoms with Gasteiger partial charge in [0.25, 0.3) is 0 Å². The predicted molar refractivity (Wildman–Crippen MR) is 74.8 cm³/mol. The molecule has 3 atom stereocenters. The molecule has 1 saturated heterocycles. The van der Waals surface area contributed by atoms with E-state index < -0.39 is 6.61 Å². The smallest absolute Gasteiger partial charge is 0.387 e. The number of alkyl halides is 2. The van der Waals surface area contributed by atoms with Gasteiger partial charge >= 0.3 is 6.61 Å². The van der Waals surface area contributed by atoms with Crippen LogP contribution in [0.5, 0.6) is 5.75 Å². The van der Waals surface area contributed by atoms with Crippen LogP contribution in [0, 0.1) is 5.92 Å². The van der Waals surface area contributed by atoms with Crippen LogP contribution in [0.25, 0.3) is 0 Å². The Morgan fingerprint density at radius 1 is 1.25 bits per heavy atom. The Morgan fingerprint density at radius 3 is 2.45 bits per heavy atom. The molecule has 1 aromatic rings. The molecule has 1 aliphatic rings. The number of piperidine rings is 1. The van der Waals surface area contributed by atoms with Gasteiger partial charge in [-0.3, -0.25) is 4.90 Å². The molecule has 0 aliphatic carbocycles. The maximum atomic E-state index is 12.1. The van der Waals surface area contributed by atoms with Crippen molar-refractivity contribution in [2.24, 2.45) is 11.7 Å². The van der Waals surface area contributed by atoms with E-state index in [2.05, 4.69) is 23.5 Å². The van der Waals surface area contributed by atoms with Gasteiger partial charge in [-0.2, -0.15) is 8.78 Å². The van der Waals surface area contributed by atoms with Crippen molar-refractivity contribution in [1.29, 1.82) is 0 Å². The van der Waals surface area contributed by atoms with Crippen LogP contribution in [0.15, 0.2) is 24.3 Å². The highest BCUT2D eigenvalue weighted by Crippen LogP contribution is 2.27. The molecule has 1 fully saturated rings. The molecule has 2 N–H and O–H groups in total. The van der Waals surface area contributed by atoms with Gasteiger partial charge in [0.2, 0.25) is 0 Å². The first kappa shape index (κ1) is 15.2. The molecule has 1 aliphatic heterocycles. The number of ether oxygens (including phenoxy) is 1. The average Bonchev–Trinajstić information content (AvgIpc) is 2.37. The average molecular weight is 284 g/mol. The number of nitrogens with zero attached hydrogens (tertiary/aromatic N) is 1. The Balaban J connectivity index is 2.03. The topological polar surface area (TPSA) is 38.5 Å². The first-order valence-electron chi connectivity index (χ1n) is 7.00. The number of halogens is 2. The van der Waals surface area contributed by atoms with Crippen molar-refractivity contribution in [1.82, 2.24) is 4.90 Å². The van der Waals surface area contributed by atoms with Crippen LogP contribution in [0.2, 0.25) is 0 Å². The molecule has 1 aromatic carbocycles. The Kier molecular flexibility index (Phi) is 4.94. The van der Waals surface area contributed by atoms with Crippen LogP contribution in [0.3, 0.4) is 0 Å². The largest absolute Gasteiger partial charge is 0.435 e. The van der Waals surface area contributed by atoms with E-state index in [0.717, 1.165) is 25.1 Å². The fourth-order valence-corrected chi connectivity index (χ4v) is 2.90. The molecule has 0 amide bonds. The first-order chi connectivity index (χ1) is 9.45. The van der Waals surface area contributed by atoms with E-state index in [9.17, 15) is 8.78 Å². The molecule has 5 heteroatoms. The highest BCUT2D eigenvalue weighted by Gasteiger charge is 2.26. The molecule has 0 saturated carbocycles. The Bertz CT molecular complexity index is 414. The number of nitrogens with two attached hydrogens (primary N) is 1. The summed E-state index contributed by atoms with van der Waals surface area (Å²) in [7, 11) is 0. The fourth-order valence-electron chi connectivity index (χ4n) is 2.90. The minimum atomic E-state index is -2.78. The quantitative estimate of drug-likeness (QED) is 0.923. The first-order valence-corrected chi connectivity index (χ1v) is 7.00. The van der Waals surface area contributed by atoms with Gasteiger partial charge in [-0.15, -0.1) is 0 Å². The number of benzene rings is 1. The second-order valence-corrected chi connectivity index (χ2v) is 5.68. The third kappa shape index (κ3) is 3.90. The highest BCUT2D eigenvalue weighted by atomic mass is 19.3. The summed E-state index contributed by atoms with van der Waals surface area (Å²) in [6.45, 7) is 3.44. The maximum absolute atomic E-state index is 12.1. The van der Waals surface area contributed by atoms with E-state index in [0.29, 0.717) is 5.92 Å². The lowest BCUT2D eigenvalue weighted by molar-refractivity contribution is -0.0498. The fraction of sp³-hybridized carbons (Fsp3) is 0.600. The lowest BCUT2D eigenvalue weighted by Crippen LogP contribution is -2.47. The molecule has 0 aromatic heterocycles.